The van der Waals surface area contributed by atoms with E-state index in [1.54, 1.807) is 6.20 Å². The SMILES string of the molecule is CCn1c(CCC(=O)Cc2ccc3c(c2)c2ccccc2n3CC)ccc1-c1cccnc1. The van der Waals surface area contributed by atoms with Crippen molar-refractivity contribution in [2.45, 2.75) is 46.2 Å². The normalized spacial score (nSPS) is 11.5. The molecular formula is C29H29N3O. The first-order chi connectivity index (χ1) is 16.2. The smallest absolute Gasteiger partial charge is 0.137 e. The highest BCUT2D eigenvalue weighted by atomic mass is 16.1. The van der Waals surface area contributed by atoms with Crippen molar-refractivity contribution in [3.05, 3.63) is 90.4 Å². The third-order valence-electron chi connectivity index (χ3n) is 6.56. The van der Waals surface area contributed by atoms with Crippen LogP contribution in [-0.2, 0) is 30.7 Å². The molecule has 0 aliphatic carbocycles. The molecule has 166 valence electrons. The summed E-state index contributed by atoms with van der Waals surface area (Å²) in [5, 5.41) is 2.49. The average Bonchev–Trinajstić information content (AvgIpc) is 3.41. The van der Waals surface area contributed by atoms with Gasteiger partial charge < -0.3 is 9.13 Å². The molecule has 2 aromatic carbocycles. The Morgan fingerprint density at radius 2 is 1.67 bits per heavy atom. The van der Waals surface area contributed by atoms with E-state index in [2.05, 4.69) is 88.6 Å². The second-order valence-corrected chi connectivity index (χ2v) is 8.52. The molecule has 4 heteroatoms. The number of hydrogen-bond acceptors (Lipinski definition) is 2. The Balaban J connectivity index is 1.33. The first-order valence-corrected chi connectivity index (χ1v) is 11.8. The summed E-state index contributed by atoms with van der Waals surface area (Å²) in [5.74, 6) is 0.278. The third-order valence-corrected chi connectivity index (χ3v) is 6.56. The number of nitrogens with zero attached hydrogens (tertiary/aromatic N) is 3. The van der Waals surface area contributed by atoms with Crippen LogP contribution in [0, 0.1) is 0 Å². The van der Waals surface area contributed by atoms with Crippen molar-refractivity contribution in [3.8, 4) is 11.3 Å². The van der Waals surface area contributed by atoms with Gasteiger partial charge in [0.25, 0.3) is 0 Å². The number of ketones is 1. The zero-order valence-electron chi connectivity index (χ0n) is 19.3. The van der Waals surface area contributed by atoms with Crippen LogP contribution < -0.4 is 0 Å². The van der Waals surface area contributed by atoms with Gasteiger partial charge in [0.2, 0.25) is 0 Å². The van der Waals surface area contributed by atoms with Gasteiger partial charge >= 0.3 is 0 Å². The maximum atomic E-state index is 12.9. The van der Waals surface area contributed by atoms with Crippen LogP contribution in [0.1, 0.15) is 31.5 Å². The van der Waals surface area contributed by atoms with Gasteiger partial charge in [-0.25, -0.2) is 0 Å². The predicted octanol–water partition coefficient (Wildman–Crippen LogP) is 6.44. The summed E-state index contributed by atoms with van der Waals surface area (Å²) >= 11 is 0. The number of benzene rings is 2. The second-order valence-electron chi connectivity index (χ2n) is 8.52. The number of rotatable bonds is 8. The van der Waals surface area contributed by atoms with Gasteiger partial charge in [0.15, 0.2) is 0 Å². The minimum Gasteiger partial charge on any atom is -0.345 e. The summed E-state index contributed by atoms with van der Waals surface area (Å²) in [6.45, 7) is 6.13. The summed E-state index contributed by atoms with van der Waals surface area (Å²) < 4.78 is 4.63. The van der Waals surface area contributed by atoms with Crippen molar-refractivity contribution in [1.82, 2.24) is 14.1 Å². The predicted molar refractivity (Wildman–Crippen MR) is 135 cm³/mol. The monoisotopic (exact) mass is 435 g/mol. The van der Waals surface area contributed by atoms with Crippen molar-refractivity contribution >= 4 is 27.6 Å². The maximum Gasteiger partial charge on any atom is 0.137 e. The number of Topliss-reactive ketones (excluding diaryl/α,β-unsaturated/α-hetero) is 1. The lowest BCUT2D eigenvalue weighted by molar-refractivity contribution is -0.118. The summed E-state index contributed by atoms with van der Waals surface area (Å²) in [5.41, 5.74) is 7.05. The largest absolute Gasteiger partial charge is 0.345 e. The van der Waals surface area contributed by atoms with Crippen LogP contribution in [0.5, 0.6) is 0 Å². The molecule has 5 rings (SSSR count). The molecule has 0 bridgehead atoms. The van der Waals surface area contributed by atoms with Crippen LogP contribution in [0.25, 0.3) is 33.1 Å². The van der Waals surface area contributed by atoms with Gasteiger partial charge in [-0.05, 0) is 68.3 Å². The highest BCUT2D eigenvalue weighted by Gasteiger charge is 2.13. The maximum absolute atomic E-state index is 12.9. The van der Waals surface area contributed by atoms with E-state index in [1.165, 1.54) is 27.5 Å². The number of aromatic nitrogens is 3. The van der Waals surface area contributed by atoms with E-state index in [-0.39, 0.29) is 5.78 Å². The second kappa shape index (κ2) is 9.07. The molecule has 4 nitrogen and oxygen atoms in total. The Hall–Kier alpha value is -3.66. The molecule has 0 amide bonds. The Morgan fingerprint density at radius 3 is 2.45 bits per heavy atom. The Labute approximate surface area is 194 Å². The summed E-state index contributed by atoms with van der Waals surface area (Å²) in [6.07, 6.45) is 5.46. The van der Waals surface area contributed by atoms with Gasteiger partial charge in [-0.1, -0.05) is 24.3 Å². The number of pyridine rings is 1. The minimum absolute atomic E-state index is 0.278. The van der Waals surface area contributed by atoms with E-state index in [0.29, 0.717) is 12.8 Å². The Morgan fingerprint density at radius 1 is 0.848 bits per heavy atom. The Kier molecular flexibility index (Phi) is 5.82. The fourth-order valence-corrected chi connectivity index (χ4v) is 5.00. The molecule has 0 fully saturated rings. The average molecular weight is 436 g/mol. The topological polar surface area (TPSA) is 39.8 Å². The first-order valence-electron chi connectivity index (χ1n) is 11.8. The third kappa shape index (κ3) is 3.97. The summed E-state index contributed by atoms with van der Waals surface area (Å²) in [7, 11) is 0. The van der Waals surface area contributed by atoms with Crippen molar-refractivity contribution in [3.63, 3.8) is 0 Å². The van der Waals surface area contributed by atoms with E-state index in [0.717, 1.165) is 36.3 Å². The lowest BCUT2D eigenvalue weighted by Crippen LogP contribution is -2.08. The lowest BCUT2D eigenvalue weighted by atomic mass is 10.0. The van der Waals surface area contributed by atoms with Gasteiger partial charge in [-0.15, -0.1) is 0 Å². The van der Waals surface area contributed by atoms with Gasteiger partial charge in [-0.3, -0.25) is 9.78 Å². The van der Waals surface area contributed by atoms with E-state index in [9.17, 15) is 4.79 Å². The van der Waals surface area contributed by atoms with E-state index >= 15 is 0 Å². The Bertz CT molecular complexity index is 1430. The van der Waals surface area contributed by atoms with Crippen molar-refractivity contribution in [1.29, 1.82) is 0 Å². The van der Waals surface area contributed by atoms with Crippen LogP contribution in [0.15, 0.2) is 79.1 Å². The van der Waals surface area contributed by atoms with E-state index in [1.807, 2.05) is 12.3 Å². The van der Waals surface area contributed by atoms with Crippen LogP contribution in [0.3, 0.4) is 0 Å². The lowest BCUT2D eigenvalue weighted by Gasteiger charge is -2.11. The van der Waals surface area contributed by atoms with Gasteiger partial charge in [-0.2, -0.15) is 0 Å². The molecule has 0 spiro atoms. The molecule has 0 saturated heterocycles. The van der Waals surface area contributed by atoms with Crippen LogP contribution >= 0.6 is 0 Å². The van der Waals surface area contributed by atoms with Gasteiger partial charge in [0.05, 0.1) is 0 Å². The summed E-state index contributed by atoms with van der Waals surface area (Å²) in [6, 6.07) is 23.3. The molecule has 0 unspecified atom stereocenters. The van der Waals surface area contributed by atoms with E-state index in [4.69, 9.17) is 0 Å². The molecule has 0 aliphatic rings. The molecule has 33 heavy (non-hydrogen) atoms. The molecule has 0 aliphatic heterocycles. The zero-order valence-corrected chi connectivity index (χ0v) is 19.3. The van der Waals surface area contributed by atoms with Crippen molar-refractivity contribution < 1.29 is 4.79 Å². The van der Waals surface area contributed by atoms with Crippen molar-refractivity contribution in [2.24, 2.45) is 0 Å². The fourth-order valence-electron chi connectivity index (χ4n) is 5.00. The number of carbonyl (C=O) groups excluding carboxylic acids is 1. The molecule has 3 heterocycles. The number of carbonyl (C=O) groups is 1. The van der Waals surface area contributed by atoms with Crippen molar-refractivity contribution in [2.75, 3.05) is 0 Å². The van der Waals surface area contributed by atoms with E-state index < -0.39 is 0 Å². The first kappa shape index (κ1) is 21.2. The highest BCUT2D eigenvalue weighted by molar-refractivity contribution is 6.08. The van der Waals surface area contributed by atoms with Crippen LogP contribution in [0.4, 0.5) is 0 Å². The molecule has 0 radical (unpaired) electrons. The molecule has 0 saturated carbocycles. The molecule has 0 atom stereocenters. The molecule has 0 N–H and O–H groups in total. The number of para-hydroxylation sites is 1. The number of fused-ring (bicyclic) bond motifs is 3. The van der Waals surface area contributed by atoms with Crippen LogP contribution in [0.2, 0.25) is 0 Å². The standard InChI is InChI=1S/C29H29N3O/c1-3-31-23(13-16-27(31)22-8-7-17-30-20-22)12-14-24(33)18-21-11-15-29-26(19-21)25-9-5-6-10-28(25)32(29)4-2/h5-11,13,15-17,19-20H,3-4,12,14,18H2,1-2H3. The highest BCUT2D eigenvalue weighted by Crippen LogP contribution is 2.30. The number of hydrogen-bond donors (Lipinski definition) is 0. The fraction of sp³-hybridized carbons (Fsp3) is 0.241. The van der Waals surface area contributed by atoms with Crippen LogP contribution in [-0.4, -0.2) is 19.9 Å². The van der Waals surface area contributed by atoms with Gasteiger partial charge in [0, 0.05) is 77.1 Å². The molecule has 5 aromatic rings. The number of aryl methyl sites for hydroxylation is 2. The summed E-state index contributed by atoms with van der Waals surface area (Å²) in [4.78, 5) is 17.1. The zero-order chi connectivity index (χ0) is 22.8. The molecule has 3 aromatic heterocycles. The molecular weight excluding hydrogens is 406 g/mol. The quantitative estimate of drug-likeness (QED) is 0.281. The minimum atomic E-state index is 0.278. The van der Waals surface area contributed by atoms with Gasteiger partial charge in [0.1, 0.15) is 5.78 Å².